The molecule has 0 unspecified atom stereocenters. The van der Waals surface area contributed by atoms with Crippen molar-refractivity contribution in [1.82, 2.24) is 15.2 Å². The van der Waals surface area contributed by atoms with Crippen LogP contribution in [0.2, 0.25) is 0 Å². The molecule has 1 fully saturated rings. The summed E-state index contributed by atoms with van der Waals surface area (Å²) < 4.78 is 10.3. The van der Waals surface area contributed by atoms with Gasteiger partial charge >= 0.3 is 5.97 Å². The Morgan fingerprint density at radius 1 is 1.14 bits per heavy atom. The molecule has 4 rings (SSSR count). The molecule has 7 nitrogen and oxygen atoms in total. The third-order valence-corrected chi connectivity index (χ3v) is 5.10. The molecule has 2 aromatic carbocycles. The fraction of sp³-hybridized carbons (Fsp3) is 0.318. The Bertz CT molecular complexity index is 978. The molecule has 0 atom stereocenters. The number of amides is 1. The molecular formula is C22H23N3O4. The number of rotatable bonds is 6. The van der Waals surface area contributed by atoms with Gasteiger partial charge in [0.05, 0.1) is 5.56 Å². The second kappa shape index (κ2) is 8.87. The number of carbonyl (C=O) groups is 2. The zero-order chi connectivity index (χ0) is 20.1. The highest BCUT2D eigenvalue weighted by atomic mass is 16.5. The highest BCUT2D eigenvalue weighted by molar-refractivity contribution is 5.94. The summed E-state index contributed by atoms with van der Waals surface area (Å²) in [4.78, 5) is 30.7. The molecule has 1 amide bonds. The van der Waals surface area contributed by atoms with Crippen LogP contribution in [0.15, 0.2) is 59.3 Å². The number of hydrogen-bond donors (Lipinski definition) is 1. The van der Waals surface area contributed by atoms with Crippen molar-refractivity contribution in [3.8, 4) is 0 Å². The molecule has 1 N–H and O–H groups in total. The zero-order valence-corrected chi connectivity index (χ0v) is 16.0. The quantitative estimate of drug-likeness (QED) is 0.649. The lowest BCUT2D eigenvalue weighted by atomic mass is 10.0. The molecule has 0 aliphatic carbocycles. The van der Waals surface area contributed by atoms with Crippen LogP contribution in [0.3, 0.4) is 0 Å². The molecule has 1 aliphatic rings. The largest absolute Gasteiger partial charge is 0.452 e. The van der Waals surface area contributed by atoms with Gasteiger partial charge in [-0.2, -0.15) is 0 Å². The maximum atomic E-state index is 12.2. The lowest BCUT2D eigenvalue weighted by molar-refractivity contribution is -0.125. The summed E-state index contributed by atoms with van der Waals surface area (Å²) in [7, 11) is 0. The number of aromatic nitrogens is 1. The van der Waals surface area contributed by atoms with Crippen LogP contribution in [-0.2, 0) is 16.1 Å². The van der Waals surface area contributed by atoms with Crippen molar-refractivity contribution < 1.29 is 18.7 Å². The number of carbonyl (C=O) groups excluding carboxylic acids is 2. The predicted octanol–water partition coefficient (Wildman–Crippen LogP) is 2.77. The molecule has 1 aromatic heterocycles. The minimum absolute atomic E-state index is 0.110. The van der Waals surface area contributed by atoms with E-state index in [-0.39, 0.29) is 18.6 Å². The zero-order valence-electron chi connectivity index (χ0n) is 16.0. The van der Waals surface area contributed by atoms with E-state index >= 15 is 0 Å². The number of esters is 1. The second-order valence-corrected chi connectivity index (χ2v) is 7.21. The summed E-state index contributed by atoms with van der Waals surface area (Å²) in [6.07, 6.45) is 3.09. The average Bonchev–Trinajstić information content (AvgIpc) is 3.22. The van der Waals surface area contributed by atoms with Crippen molar-refractivity contribution >= 4 is 23.0 Å². The van der Waals surface area contributed by atoms with E-state index in [0.29, 0.717) is 16.7 Å². The summed E-state index contributed by atoms with van der Waals surface area (Å²) in [5.74, 6) is -0.836. The summed E-state index contributed by atoms with van der Waals surface area (Å²) in [6, 6.07) is 15.3. The van der Waals surface area contributed by atoms with E-state index in [1.54, 1.807) is 18.2 Å². The van der Waals surface area contributed by atoms with Gasteiger partial charge in [0, 0.05) is 25.7 Å². The molecule has 1 saturated heterocycles. The summed E-state index contributed by atoms with van der Waals surface area (Å²) in [5.41, 5.74) is 2.80. The van der Waals surface area contributed by atoms with Crippen molar-refractivity contribution in [2.75, 3.05) is 19.7 Å². The summed E-state index contributed by atoms with van der Waals surface area (Å²) in [6.45, 7) is 2.49. The average molecular weight is 393 g/mol. The number of oxazole rings is 1. The first-order valence-electron chi connectivity index (χ1n) is 9.73. The first-order chi connectivity index (χ1) is 14.2. The maximum Gasteiger partial charge on any atom is 0.338 e. The molecule has 1 aliphatic heterocycles. The van der Waals surface area contributed by atoms with Crippen LogP contribution >= 0.6 is 0 Å². The van der Waals surface area contributed by atoms with Crippen LogP contribution < -0.4 is 5.32 Å². The third kappa shape index (κ3) is 5.00. The van der Waals surface area contributed by atoms with E-state index in [2.05, 4.69) is 27.3 Å². The van der Waals surface area contributed by atoms with Gasteiger partial charge < -0.3 is 14.5 Å². The van der Waals surface area contributed by atoms with E-state index in [0.717, 1.165) is 32.5 Å². The van der Waals surface area contributed by atoms with Gasteiger partial charge in [0.1, 0.15) is 5.52 Å². The molecule has 150 valence electrons. The van der Waals surface area contributed by atoms with Gasteiger partial charge in [0.2, 0.25) is 0 Å². The van der Waals surface area contributed by atoms with Gasteiger partial charge in [-0.1, -0.05) is 30.3 Å². The smallest absolute Gasteiger partial charge is 0.338 e. The predicted molar refractivity (Wildman–Crippen MR) is 107 cm³/mol. The number of likely N-dealkylation sites (tertiary alicyclic amines) is 1. The monoisotopic (exact) mass is 393 g/mol. The Hall–Kier alpha value is -3.19. The van der Waals surface area contributed by atoms with Gasteiger partial charge in [-0.15, -0.1) is 0 Å². The van der Waals surface area contributed by atoms with E-state index in [1.165, 1.54) is 12.0 Å². The molecular weight excluding hydrogens is 370 g/mol. The number of nitrogens with one attached hydrogen (secondary N) is 1. The summed E-state index contributed by atoms with van der Waals surface area (Å²) >= 11 is 0. The fourth-order valence-corrected chi connectivity index (χ4v) is 3.54. The number of hydrogen-bond acceptors (Lipinski definition) is 6. The molecule has 0 spiro atoms. The molecule has 29 heavy (non-hydrogen) atoms. The highest BCUT2D eigenvalue weighted by Gasteiger charge is 2.21. The lowest BCUT2D eigenvalue weighted by Gasteiger charge is -2.32. The van der Waals surface area contributed by atoms with Crippen LogP contribution in [0.1, 0.15) is 28.8 Å². The van der Waals surface area contributed by atoms with Gasteiger partial charge in [-0.05, 0) is 36.6 Å². The molecule has 7 heteroatoms. The molecule has 0 radical (unpaired) electrons. The number of ether oxygens (including phenoxy) is 1. The van der Waals surface area contributed by atoms with Gasteiger partial charge in [-0.25, -0.2) is 9.78 Å². The van der Waals surface area contributed by atoms with Gasteiger partial charge in [0.25, 0.3) is 5.91 Å². The Balaban J connectivity index is 1.19. The SMILES string of the molecule is O=C(COC(=O)c1ccc2ncoc2c1)NC1CCN(Cc2ccccc2)CC1. The first-order valence-corrected chi connectivity index (χ1v) is 9.73. The van der Waals surface area contributed by atoms with Gasteiger partial charge in [-0.3, -0.25) is 9.69 Å². The fourth-order valence-electron chi connectivity index (χ4n) is 3.54. The minimum atomic E-state index is -0.559. The lowest BCUT2D eigenvalue weighted by Crippen LogP contribution is -2.45. The maximum absolute atomic E-state index is 12.2. The molecule has 2 heterocycles. The normalized spacial score (nSPS) is 15.3. The molecule has 0 saturated carbocycles. The molecule has 0 bridgehead atoms. The van der Waals surface area contributed by atoms with Crippen LogP contribution in [-0.4, -0.2) is 47.5 Å². The first kappa shape index (κ1) is 19.1. The minimum Gasteiger partial charge on any atom is -0.452 e. The third-order valence-electron chi connectivity index (χ3n) is 5.10. The van der Waals surface area contributed by atoms with E-state index in [1.807, 2.05) is 18.2 Å². The highest BCUT2D eigenvalue weighted by Crippen LogP contribution is 2.16. The van der Waals surface area contributed by atoms with Crippen molar-refractivity contribution in [2.24, 2.45) is 0 Å². The van der Waals surface area contributed by atoms with Crippen molar-refractivity contribution in [2.45, 2.75) is 25.4 Å². The van der Waals surface area contributed by atoms with Crippen molar-refractivity contribution in [3.63, 3.8) is 0 Å². The second-order valence-electron chi connectivity index (χ2n) is 7.21. The summed E-state index contributed by atoms with van der Waals surface area (Å²) in [5, 5.41) is 2.96. The number of benzene rings is 2. The van der Waals surface area contributed by atoms with E-state index in [9.17, 15) is 9.59 Å². The van der Waals surface area contributed by atoms with Crippen LogP contribution in [0.4, 0.5) is 0 Å². The van der Waals surface area contributed by atoms with Crippen LogP contribution in [0.25, 0.3) is 11.1 Å². The number of nitrogens with zero attached hydrogens (tertiary/aromatic N) is 2. The van der Waals surface area contributed by atoms with Gasteiger partial charge in [0.15, 0.2) is 18.6 Å². The van der Waals surface area contributed by atoms with E-state index < -0.39 is 5.97 Å². The Morgan fingerprint density at radius 2 is 1.93 bits per heavy atom. The van der Waals surface area contributed by atoms with Crippen LogP contribution in [0, 0.1) is 0 Å². The van der Waals surface area contributed by atoms with Crippen molar-refractivity contribution in [3.05, 3.63) is 66.1 Å². The van der Waals surface area contributed by atoms with E-state index in [4.69, 9.17) is 9.15 Å². The number of piperidine rings is 1. The standard InChI is InChI=1S/C22H23N3O4/c26-21(14-28-22(27)17-6-7-19-20(12-17)29-15-23-19)24-18-8-10-25(11-9-18)13-16-4-2-1-3-5-16/h1-7,12,15,18H,8-11,13-14H2,(H,24,26). The Labute approximate surface area is 168 Å². The Kier molecular flexibility index (Phi) is 5.86. The topological polar surface area (TPSA) is 84.7 Å². The van der Waals surface area contributed by atoms with Crippen LogP contribution in [0.5, 0.6) is 0 Å². The molecule has 3 aromatic rings. The number of fused-ring (bicyclic) bond motifs is 1. The Morgan fingerprint density at radius 3 is 2.72 bits per heavy atom. The van der Waals surface area contributed by atoms with Crippen molar-refractivity contribution in [1.29, 1.82) is 0 Å².